The van der Waals surface area contributed by atoms with Gasteiger partial charge in [-0.1, -0.05) is 49.5 Å². The number of aryl methyl sites for hydroxylation is 4. The van der Waals surface area contributed by atoms with Crippen LogP contribution in [-0.2, 0) is 55.7 Å². The molecule has 2 aliphatic rings. The topological polar surface area (TPSA) is 140 Å². The van der Waals surface area contributed by atoms with Gasteiger partial charge >= 0.3 is 11.9 Å². The summed E-state index contributed by atoms with van der Waals surface area (Å²) in [6, 6.07) is 10.2. The molecule has 4 aromatic heterocycles. The minimum absolute atomic E-state index is 0. The second kappa shape index (κ2) is 14.9. The summed E-state index contributed by atoms with van der Waals surface area (Å²) < 4.78 is 13.7. The molecule has 13 heteroatoms. The van der Waals surface area contributed by atoms with E-state index in [1.807, 2.05) is 50.9 Å². The van der Waals surface area contributed by atoms with Crippen molar-refractivity contribution in [3.63, 3.8) is 0 Å². The minimum atomic E-state index is -0.369. The molecule has 0 bridgehead atoms. The molecule has 0 saturated carbocycles. The molecule has 0 amide bonds. The zero-order valence-electron chi connectivity index (χ0n) is 27.1. The number of ether oxygens (including phenoxy) is 2. The Labute approximate surface area is 284 Å². The van der Waals surface area contributed by atoms with Crippen LogP contribution in [0, 0.1) is 0 Å². The van der Waals surface area contributed by atoms with Crippen molar-refractivity contribution in [1.82, 2.24) is 39.5 Å². The molecule has 0 atom stereocenters. The Hall–Kier alpha value is -4.91. The number of esters is 2. The number of rotatable bonds is 7. The Bertz CT molecular complexity index is 1950. The number of benzene rings is 1. The fourth-order valence-corrected chi connectivity index (χ4v) is 6.36. The Morgan fingerprint density at radius 2 is 1.29 bits per heavy atom. The number of fused-ring (bicyclic) bond motifs is 6. The van der Waals surface area contributed by atoms with Gasteiger partial charge in [-0.25, -0.2) is 29.5 Å². The summed E-state index contributed by atoms with van der Waals surface area (Å²) in [5.74, 6) is 0.0324. The highest BCUT2D eigenvalue weighted by Gasteiger charge is 2.30. The predicted molar refractivity (Wildman–Crippen MR) is 183 cm³/mol. The fraction of sp³-hybridized carbons (Fsp3) is 0.371. The first-order valence-corrected chi connectivity index (χ1v) is 16.8. The van der Waals surface area contributed by atoms with E-state index >= 15 is 0 Å². The van der Waals surface area contributed by atoms with E-state index in [0.29, 0.717) is 31.0 Å². The van der Waals surface area contributed by atoms with Crippen LogP contribution in [0.5, 0.6) is 0 Å². The molecule has 48 heavy (non-hydrogen) atoms. The van der Waals surface area contributed by atoms with Crippen LogP contribution in [0.3, 0.4) is 0 Å². The van der Waals surface area contributed by atoms with Crippen molar-refractivity contribution in [2.75, 3.05) is 19.5 Å². The highest BCUT2D eigenvalue weighted by molar-refractivity contribution is 7.98. The molecule has 0 fully saturated rings. The van der Waals surface area contributed by atoms with Gasteiger partial charge in [0.05, 0.1) is 36.0 Å². The minimum Gasteiger partial charge on any atom is -0.461 e. The lowest BCUT2D eigenvalue weighted by Crippen LogP contribution is -2.13. The van der Waals surface area contributed by atoms with Gasteiger partial charge in [0.2, 0.25) is 0 Å². The quantitative estimate of drug-likeness (QED) is 0.128. The van der Waals surface area contributed by atoms with Gasteiger partial charge in [-0.3, -0.25) is 9.36 Å². The molecular formula is C35H40N8O4S. The van der Waals surface area contributed by atoms with Crippen molar-refractivity contribution < 1.29 is 19.1 Å². The molecular weight excluding hydrogens is 629 g/mol. The van der Waals surface area contributed by atoms with Gasteiger partial charge in [-0.15, -0.1) is 0 Å². The van der Waals surface area contributed by atoms with Crippen molar-refractivity contribution in [3.05, 3.63) is 87.8 Å². The summed E-state index contributed by atoms with van der Waals surface area (Å²) in [7, 11) is 3.67. The molecule has 0 radical (unpaired) electrons. The number of nitrogens with zero attached hydrogens (tertiary/aromatic N) is 8. The van der Waals surface area contributed by atoms with E-state index in [-0.39, 0.29) is 19.4 Å². The highest BCUT2D eigenvalue weighted by atomic mass is 32.2. The molecule has 5 aromatic rings. The number of aromatic nitrogens is 8. The van der Waals surface area contributed by atoms with Crippen LogP contribution in [-0.4, -0.2) is 70.9 Å². The van der Waals surface area contributed by atoms with Crippen LogP contribution in [0.1, 0.15) is 75.9 Å². The largest absolute Gasteiger partial charge is 0.461 e. The maximum atomic E-state index is 12.2. The molecule has 0 spiro atoms. The zero-order valence-corrected chi connectivity index (χ0v) is 27.9. The van der Waals surface area contributed by atoms with Crippen LogP contribution in [0.15, 0.2) is 47.9 Å². The van der Waals surface area contributed by atoms with E-state index in [9.17, 15) is 9.59 Å². The number of hydrogen-bond donors (Lipinski definition) is 0. The lowest BCUT2D eigenvalue weighted by atomic mass is 9.93. The second-order valence-corrected chi connectivity index (χ2v) is 11.9. The third kappa shape index (κ3) is 6.73. The first kappa shape index (κ1) is 34.4. The van der Waals surface area contributed by atoms with Crippen LogP contribution in [0.2, 0.25) is 0 Å². The number of carbonyl (C=O) groups is 2. The summed E-state index contributed by atoms with van der Waals surface area (Å²) in [5.41, 5.74) is 9.55. The molecule has 2 aliphatic carbocycles. The van der Waals surface area contributed by atoms with Gasteiger partial charge in [-0.2, -0.15) is 10.2 Å². The normalized spacial score (nSPS) is 12.3. The van der Waals surface area contributed by atoms with Gasteiger partial charge in [0.15, 0.2) is 16.5 Å². The number of thioether (sulfide) groups is 1. The van der Waals surface area contributed by atoms with Crippen molar-refractivity contribution >= 4 is 23.7 Å². The van der Waals surface area contributed by atoms with Gasteiger partial charge in [-0.05, 0) is 62.5 Å². The lowest BCUT2D eigenvalue weighted by Gasteiger charge is -2.17. The van der Waals surface area contributed by atoms with Gasteiger partial charge in [0, 0.05) is 44.0 Å². The number of hydrogen-bond acceptors (Lipinski definition) is 11. The van der Waals surface area contributed by atoms with E-state index in [0.717, 1.165) is 81.7 Å². The van der Waals surface area contributed by atoms with E-state index in [4.69, 9.17) is 14.5 Å². The molecule has 12 nitrogen and oxygen atoms in total. The van der Waals surface area contributed by atoms with Gasteiger partial charge in [0.25, 0.3) is 0 Å². The maximum Gasteiger partial charge on any atom is 0.359 e. The molecule has 0 N–H and O–H groups in total. The summed E-state index contributed by atoms with van der Waals surface area (Å²) in [6.45, 7) is 4.27. The molecule has 0 aliphatic heterocycles. The first-order valence-electron chi connectivity index (χ1n) is 15.6. The first-order chi connectivity index (χ1) is 22.8. The third-order valence-electron chi connectivity index (χ3n) is 8.11. The Balaban J connectivity index is 0.000000188. The van der Waals surface area contributed by atoms with E-state index in [1.54, 1.807) is 23.2 Å². The fourth-order valence-electron chi connectivity index (χ4n) is 6.02. The van der Waals surface area contributed by atoms with Crippen molar-refractivity contribution in [1.29, 1.82) is 0 Å². The maximum absolute atomic E-state index is 12.2. The smallest absolute Gasteiger partial charge is 0.359 e. The van der Waals surface area contributed by atoms with Crippen LogP contribution >= 0.6 is 11.8 Å². The molecule has 4 heterocycles. The Kier molecular flexibility index (Phi) is 10.7. The summed E-state index contributed by atoms with van der Waals surface area (Å²) in [5, 5.41) is 9.47. The average Bonchev–Trinajstić information content (AvgIpc) is 3.62. The second-order valence-electron chi connectivity index (χ2n) is 11.1. The van der Waals surface area contributed by atoms with E-state index < -0.39 is 0 Å². The Morgan fingerprint density at radius 1 is 0.771 bits per heavy atom. The number of carbonyl (C=O) groups excluding carboxylic acids is 2. The zero-order chi connectivity index (χ0) is 33.1. The van der Waals surface area contributed by atoms with Crippen LogP contribution in [0.25, 0.3) is 22.8 Å². The van der Waals surface area contributed by atoms with E-state index in [1.165, 1.54) is 17.3 Å². The standard InChI is InChI=1S/C20H20N4O2.C14H16N4O2S.CH4/c1-3-26-20(25)18-15-10-9-14-12-21-16(11-13-7-5-4-6-8-13)22-17(14)19(15)24(2)23-18;1-4-20-13(19)11-9-6-5-8-7-15-14(21-3)16-10(8)12(9)18(2)17-11;/h4-8,12H,3,9-11H2,1-2H3;7H,4-6H2,1-3H3;1H4. The van der Waals surface area contributed by atoms with Crippen LogP contribution < -0.4 is 0 Å². The summed E-state index contributed by atoms with van der Waals surface area (Å²) >= 11 is 1.50. The Morgan fingerprint density at radius 3 is 1.81 bits per heavy atom. The SMILES string of the molecule is C.CCOC(=O)c1nn(C)c2c1CCc1cnc(Cc3ccccc3)nc1-2.CCOC(=O)c1nn(C)c2c1CCc1cnc(SC)nc1-2. The molecule has 0 unspecified atom stereocenters. The molecule has 7 rings (SSSR count). The monoisotopic (exact) mass is 668 g/mol. The van der Waals surface area contributed by atoms with Crippen molar-refractivity contribution in [2.24, 2.45) is 14.1 Å². The highest BCUT2D eigenvalue weighted by Crippen LogP contribution is 2.35. The third-order valence-corrected chi connectivity index (χ3v) is 8.67. The van der Waals surface area contributed by atoms with Crippen molar-refractivity contribution in [3.8, 4) is 22.8 Å². The summed E-state index contributed by atoms with van der Waals surface area (Å²) in [6.07, 6.45) is 9.50. The molecule has 1 aromatic carbocycles. The van der Waals surface area contributed by atoms with Crippen LogP contribution in [0.4, 0.5) is 0 Å². The van der Waals surface area contributed by atoms with E-state index in [2.05, 4.69) is 37.3 Å². The molecule has 250 valence electrons. The summed E-state index contributed by atoms with van der Waals surface area (Å²) in [4.78, 5) is 42.5. The molecule has 0 saturated heterocycles. The predicted octanol–water partition coefficient (Wildman–Crippen LogP) is 5.25. The average molecular weight is 669 g/mol. The van der Waals surface area contributed by atoms with Gasteiger partial charge in [0.1, 0.15) is 5.82 Å². The lowest BCUT2D eigenvalue weighted by molar-refractivity contribution is 0.0508. The van der Waals surface area contributed by atoms with Gasteiger partial charge < -0.3 is 9.47 Å². The van der Waals surface area contributed by atoms with Crippen molar-refractivity contribution in [2.45, 2.75) is 58.5 Å².